The number of H-pyrrole nitrogens is 1. The van der Waals surface area contributed by atoms with Crippen molar-refractivity contribution in [1.82, 2.24) is 9.97 Å². The average molecular weight is 250 g/mol. The molecule has 0 amide bonds. The Kier molecular flexibility index (Phi) is 3.82. The van der Waals surface area contributed by atoms with E-state index in [0.717, 1.165) is 34.9 Å². The number of aromatic amines is 1. The molecule has 0 aliphatic heterocycles. The maximum absolute atomic E-state index is 5.85. The number of nitrogens with one attached hydrogen (secondary N) is 1. The van der Waals surface area contributed by atoms with E-state index >= 15 is 0 Å². The quantitative estimate of drug-likeness (QED) is 0.875. The molecule has 0 saturated carbocycles. The molecule has 4 heteroatoms. The second kappa shape index (κ2) is 5.34. The number of nitrogens with zero attached hydrogens (tertiary/aromatic N) is 1. The van der Waals surface area contributed by atoms with Crippen LogP contribution < -0.4 is 5.73 Å². The van der Waals surface area contributed by atoms with Crippen LogP contribution in [0.4, 0.5) is 0 Å². The number of rotatable bonds is 4. The molecule has 0 aliphatic rings. The lowest BCUT2D eigenvalue weighted by atomic mass is 10.2. The van der Waals surface area contributed by atoms with Gasteiger partial charge < -0.3 is 10.7 Å². The SMILES string of the molecule is CC(N)CCc1ncc(-c2ccc(Cl)cc2)[nH]1. The van der Waals surface area contributed by atoms with Crippen molar-refractivity contribution in [2.75, 3.05) is 0 Å². The van der Waals surface area contributed by atoms with E-state index in [-0.39, 0.29) is 6.04 Å². The summed E-state index contributed by atoms with van der Waals surface area (Å²) in [5, 5.41) is 0.741. The Bertz CT molecular complexity index is 474. The molecule has 2 aromatic rings. The molecular weight excluding hydrogens is 234 g/mol. The number of hydrogen-bond acceptors (Lipinski definition) is 2. The molecule has 3 nitrogen and oxygen atoms in total. The van der Waals surface area contributed by atoms with Crippen molar-refractivity contribution in [3.63, 3.8) is 0 Å². The summed E-state index contributed by atoms with van der Waals surface area (Å²) in [5.74, 6) is 0.979. The van der Waals surface area contributed by atoms with E-state index in [4.69, 9.17) is 17.3 Å². The molecule has 1 heterocycles. The van der Waals surface area contributed by atoms with Crippen molar-refractivity contribution in [3.8, 4) is 11.3 Å². The first-order valence-electron chi connectivity index (χ1n) is 5.70. The summed E-state index contributed by atoms with van der Waals surface area (Å²) < 4.78 is 0. The van der Waals surface area contributed by atoms with Gasteiger partial charge in [-0.15, -0.1) is 0 Å². The van der Waals surface area contributed by atoms with E-state index in [0.29, 0.717) is 0 Å². The summed E-state index contributed by atoms with van der Waals surface area (Å²) in [7, 11) is 0. The van der Waals surface area contributed by atoms with Crippen LogP contribution in [0.25, 0.3) is 11.3 Å². The number of hydrogen-bond donors (Lipinski definition) is 2. The van der Waals surface area contributed by atoms with Gasteiger partial charge in [-0.25, -0.2) is 4.98 Å². The zero-order valence-electron chi connectivity index (χ0n) is 9.78. The first-order valence-corrected chi connectivity index (χ1v) is 6.08. The topological polar surface area (TPSA) is 54.7 Å². The number of aryl methyl sites for hydroxylation is 1. The maximum atomic E-state index is 5.85. The molecule has 0 bridgehead atoms. The summed E-state index contributed by atoms with van der Waals surface area (Å²) >= 11 is 5.85. The van der Waals surface area contributed by atoms with Crippen molar-refractivity contribution in [2.24, 2.45) is 5.73 Å². The second-order valence-corrected chi connectivity index (χ2v) is 4.70. The highest BCUT2D eigenvalue weighted by molar-refractivity contribution is 6.30. The van der Waals surface area contributed by atoms with Gasteiger partial charge in [0, 0.05) is 17.5 Å². The van der Waals surface area contributed by atoms with Gasteiger partial charge in [-0.1, -0.05) is 23.7 Å². The van der Waals surface area contributed by atoms with Gasteiger partial charge in [-0.3, -0.25) is 0 Å². The summed E-state index contributed by atoms with van der Waals surface area (Å²) in [5.41, 5.74) is 7.83. The van der Waals surface area contributed by atoms with Crippen molar-refractivity contribution in [3.05, 3.63) is 41.3 Å². The van der Waals surface area contributed by atoms with Gasteiger partial charge in [0.2, 0.25) is 0 Å². The molecule has 0 spiro atoms. The maximum Gasteiger partial charge on any atom is 0.106 e. The van der Waals surface area contributed by atoms with Crippen molar-refractivity contribution >= 4 is 11.6 Å². The zero-order chi connectivity index (χ0) is 12.3. The van der Waals surface area contributed by atoms with Gasteiger partial charge in [-0.2, -0.15) is 0 Å². The van der Waals surface area contributed by atoms with Gasteiger partial charge in [0.1, 0.15) is 5.82 Å². The second-order valence-electron chi connectivity index (χ2n) is 4.27. The van der Waals surface area contributed by atoms with Crippen LogP contribution in [0.2, 0.25) is 5.02 Å². The number of aromatic nitrogens is 2. The van der Waals surface area contributed by atoms with Crippen LogP contribution in [0, 0.1) is 0 Å². The van der Waals surface area contributed by atoms with Crippen LogP contribution in [0.5, 0.6) is 0 Å². The zero-order valence-corrected chi connectivity index (χ0v) is 10.5. The molecule has 0 aliphatic carbocycles. The van der Waals surface area contributed by atoms with Crippen LogP contribution in [0.3, 0.4) is 0 Å². The predicted octanol–water partition coefficient (Wildman–Crippen LogP) is 3.01. The van der Waals surface area contributed by atoms with Crippen molar-refractivity contribution in [1.29, 1.82) is 0 Å². The van der Waals surface area contributed by atoms with Gasteiger partial charge >= 0.3 is 0 Å². The van der Waals surface area contributed by atoms with E-state index in [2.05, 4.69) is 9.97 Å². The lowest BCUT2D eigenvalue weighted by Crippen LogP contribution is -2.15. The minimum atomic E-state index is 0.207. The van der Waals surface area contributed by atoms with Gasteiger partial charge in [0.25, 0.3) is 0 Å². The van der Waals surface area contributed by atoms with Crippen LogP contribution in [0.15, 0.2) is 30.5 Å². The monoisotopic (exact) mass is 249 g/mol. The fraction of sp³-hybridized carbons (Fsp3) is 0.308. The smallest absolute Gasteiger partial charge is 0.106 e. The molecule has 17 heavy (non-hydrogen) atoms. The number of imidazole rings is 1. The molecule has 0 fully saturated rings. The van der Waals surface area contributed by atoms with Crippen molar-refractivity contribution < 1.29 is 0 Å². The molecule has 0 saturated heterocycles. The average Bonchev–Trinajstić information content (AvgIpc) is 2.76. The molecular formula is C13H16ClN3. The van der Waals surface area contributed by atoms with E-state index in [1.54, 1.807) is 0 Å². The fourth-order valence-electron chi connectivity index (χ4n) is 1.63. The Morgan fingerprint density at radius 2 is 2.06 bits per heavy atom. The minimum absolute atomic E-state index is 0.207. The molecule has 1 atom stereocenters. The summed E-state index contributed by atoms with van der Waals surface area (Å²) in [4.78, 5) is 7.64. The summed E-state index contributed by atoms with van der Waals surface area (Å²) in [6, 6.07) is 7.91. The van der Waals surface area contributed by atoms with E-state index in [1.807, 2.05) is 37.4 Å². The highest BCUT2D eigenvalue weighted by Crippen LogP contribution is 2.19. The van der Waals surface area contributed by atoms with Gasteiger partial charge in [0.15, 0.2) is 0 Å². The number of nitrogens with two attached hydrogens (primary N) is 1. The predicted molar refractivity (Wildman–Crippen MR) is 71.0 cm³/mol. The summed E-state index contributed by atoms with van der Waals surface area (Å²) in [6.07, 6.45) is 3.67. The lowest BCUT2D eigenvalue weighted by Gasteiger charge is -2.01. The Hall–Kier alpha value is -1.32. The third kappa shape index (κ3) is 3.32. The van der Waals surface area contributed by atoms with E-state index in [1.165, 1.54) is 0 Å². The fourth-order valence-corrected chi connectivity index (χ4v) is 1.76. The standard InChI is InChI=1S/C13H16ClN3/c1-9(15)2-7-13-16-8-12(17-13)10-3-5-11(14)6-4-10/h3-6,8-9H,2,7,15H2,1H3,(H,16,17). The van der Waals surface area contributed by atoms with Crippen LogP contribution in [0.1, 0.15) is 19.2 Å². The molecule has 0 radical (unpaired) electrons. The first-order chi connectivity index (χ1) is 8.15. The molecule has 1 aromatic heterocycles. The Labute approximate surface area is 106 Å². The normalized spacial score (nSPS) is 12.6. The van der Waals surface area contributed by atoms with Gasteiger partial charge in [0.05, 0.1) is 11.9 Å². The minimum Gasteiger partial charge on any atom is -0.342 e. The Balaban J connectivity index is 2.10. The van der Waals surface area contributed by atoms with Crippen LogP contribution >= 0.6 is 11.6 Å². The lowest BCUT2D eigenvalue weighted by molar-refractivity contribution is 0.652. The molecule has 2 rings (SSSR count). The third-order valence-electron chi connectivity index (χ3n) is 2.62. The molecule has 1 aromatic carbocycles. The highest BCUT2D eigenvalue weighted by Gasteiger charge is 2.04. The first kappa shape index (κ1) is 12.1. The number of benzene rings is 1. The summed E-state index contributed by atoms with van der Waals surface area (Å²) in [6.45, 7) is 2.00. The third-order valence-corrected chi connectivity index (χ3v) is 2.87. The largest absolute Gasteiger partial charge is 0.342 e. The molecule has 1 unspecified atom stereocenters. The Morgan fingerprint density at radius 1 is 1.35 bits per heavy atom. The molecule has 90 valence electrons. The van der Waals surface area contributed by atoms with E-state index < -0.39 is 0 Å². The van der Waals surface area contributed by atoms with E-state index in [9.17, 15) is 0 Å². The highest BCUT2D eigenvalue weighted by atomic mass is 35.5. The van der Waals surface area contributed by atoms with Crippen molar-refractivity contribution in [2.45, 2.75) is 25.8 Å². The van der Waals surface area contributed by atoms with Gasteiger partial charge in [-0.05, 0) is 31.0 Å². The number of halogens is 1. The van der Waals surface area contributed by atoms with Crippen LogP contribution in [-0.2, 0) is 6.42 Å². The molecule has 3 N–H and O–H groups in total. The van der Waals surface area contributed by atoms with Crippen LogP contribution in [-0.4, -0.2) is 16.0 Å². The Morgan fingerprint density at radius 3 is 2.71 bits per heavy atom.